The molecule has 130 valence electrons. The van der Waals surface area contributed by atoms with Gasteiger partial charge in [-0.15, -0.1) is 11.3 Å². The molecular weight excluding hydrogens is 348 g/mol. The number of amides is 1. The number of hydrogen-bond acceptors (Lipinski definition) is 7. The molecule has 0 radical (unpaired) electrons. The van der Waals surface area contributed by atoms with Crippen LogP contribution in [0, 0.1) is 11.3 Å². The van der Waals surface area contributed by atoms with E-state index in [1.807, 2.05) is 23.6 Å². The number of nitriles is 1. The van der Waals surface area contributed by atoms with E-state index < -0.39 is 0 Å². The molecule has 0 saturated heterocycles. The molecule has 3 aromatic rings. The molecule has 0 bridgehead atoms. The predicted octanol–water partition coefficient (Wildman–Crippen LogP) is 2.24. The predicted molar refractivity (Wildman–Crippen MR) is 99.5 cm³/mol. The number of pyridine rings is 2. The second-order valence-electron chi connectivity index (χ2n) is 5.32. The Balaban J connectivity index is 1.45. The average molecular weight is 364 g/mol. The second kappa shape index (κ2) is 8.69. The fourth-order valence-corrected chi connectivity index (χ4v) is 3.04. The van der Waals surface area contributed by atoms with E-state index in [-0.39, 0.29) is 12.3 Å². The number of hydrogen-bond donors (Lipinski definition) is 2. The minimum Gasteiger partial charge on any atom is -0.367 e. The summed E-state index contributed by atoms with van der Waals surface area (Å²) in [4.78, 5) is 24.8. The third-order valence-corrected chi connectivity index (χ3v) is 4.36. The highest BCUT2D eigenvalue weighted by atomic mass is 32.1. The molecule has 1 amide bonds. The number of carbonyl (C=O) groups excluding carboxylic acids is 1. The van der Waals surface area contributed by atoms with E-state index in [1.165, 1.54) is 11.3 Å². The van der Waals surface area contributed by atoms with Gasteiger partial charge in [0.25, 0.3) is 0 Å². The third kappa shape index (κ3) is 4.62. The first kappa shape index (κ1) is 17.5. The van der Waals surface area contributed by atoms with Crippen LogP contribution >= 0.6 is 11.3 Å². The van der Waals surface area contributed by atoms with E-state index in [0.29, 0.717) is 24.5 Å². The molecule has 0 fully saturated rings. The van der Waals surface area contributed by atoms with Gasteiger partial charge in [-0.1, -0.05) is 6.07 Å². The number of rotatable bonds is 7. The lowest BCUT2D eigenvalue weighted by atomic mass is 10.3. The lowest BCUT2D eigenvalue weighted by Crippen LogP contribution is -2.30. The van der Waals surface area contributed by atoms with Crippen molar-refractivity contribution in [2.24, 2.45) is 0 Å². The smallest absolute Gasteiger partial charge is 0.226 e. The lowest BCUT2D eigenvalue weighted by Gasteiger charge is -2.07. The Morgan fingerprint density at radius 3 is 2.85 bits per heavy atom. The monoisotopic (exact) mass is 364 g/mol. The van der Waals surface area contributed by atoms with Crippen molar-refractivity contribution in [1.82, 2.24) is 20.3 Å². The molecule has 3 heterocycles. The number of anilines is 1. The van der Waals surface area contributed by atoms with Crippen LogP contribution in [-0.2, 0) is 11.2 Å². The van der Waals surface area contributed by atoms with E-state index in [1.54, 1.807) is 24.5 Å². The lowest BCUT2D eigenvalue weighted by molar-refractivity contribution is -0.120. The van der Waals surface area contributed by atoms with Gasteiger partial charge in [-0.2, -0.15) is 5.26 Å². The summed E-state index contributed by atoms with van der Waals surface area (Å²) in [6.07, 6.45) is 3.55. The van der Waals surface area contributed by atoms with Crippen LogP contribution < -0.4 is 10.6 Å². The highest BCUT2D eigenvalue weighted by Gasteiger charge is 2.09. The maximum Gasteiger partial charge on any atom is 0.226 e. The minimum atomic E-state index is -0.105. The molecule has 26 heavy (non-hydrogen) atoms. The molecule has 3 rings (SSSR count). The van der Waals surface area contributed by atoms with Crippen molar-refractivity contribution < 1.29 is 4.79 Å². The van der Waals surface area contributed by atoms with Crippen molar-refractivity contribution in [1.29, 1.82) is 5.26 Å². The zero-order chi connectivity index (χ0) is 18.2. The number of thiazole rings is 1. The minimum absolute atomic E-state index is 0.105. The van der Waals surface area contributed by atoms with Crippen LogP contribution in [0.1, 0.15) is 11.3 Å². The topological polar surface area (TPSA) is 104 Å². The van der Waals surface area contributed by atoms with Gasteiger partial charge >= 0.3 is 0 Å². The maximum absolute atomic E-state index is 12.0. The fourth-order valence-electron chi connectivity index (χ4n) is 2.24. The molecule has 0 saturated carbocycles. The summed E-state index contributed by atoms with van der Waals surface area (Å²) in [7, 11) is 0. The summed E-state index contributed by atoms with van der Waals surface area (Å²) in [5, 5.41) is 17.5. The summed E-state index contributed by atoms with van der Waals surface area (Å²) in [6, 6.07) is 11.1. The van der Waals surface area contributed by atoms with Crippen LogP contribution in [0.15, 0.2) is 48.1 Å². The highest BCUT2D eigenvalue weighted by Crippen LogP contribution is 2.21. The highest BCUT2D eigenvalue weighted by molar-refractivity contribution is 7.13. The largest absolute Gasteiger partial charge is 0.367 e. The third-order valence-electron chi connectivity index (χ3n) is 3.45. The number of carbonyl (C=O) groups is 1. The molecule has 0 aromatic carbocycles. The van der Waals surface area contributed by atoms with Gasteiger partial charge < -0.3 is 10.6 Å². The van der Waals surface area contributed by atoms with Gasteiger partial charge in [0.1, 0.15) is 16.9 Å². The molecule has 0 atom stereocenters. The zero-order valence-electron chi connectivity index (χ0n) is 13.8. The Bertz CT molecular complexity index is 919. The van der Waals surface area contributed by atoms with Gasteiger partial charge in [0.2, 0.25) is 5.91 Å². The van der Waals surface area contributed by atoms with E-state index in [4.69, 9.17) is 5.26 Å². The van der Waals surface area contributed by atoms with Crippen molar-refractivity contribution in [3.8, 4) is 16.8 Å². The van der Waals surface area contributed by atoms with Crippen molar-refractivity contribution in [2.75, 3.05) is 18.4 Å². The van der Waals surface area contributed by atoms with Gasteiger partial charge in [-0.25, -0.2) is 9.97 Å². The first-order chi connectivity index (χ1) is 12.8. The molecule has 0 aliphatic rings. The molecule has 2 N–H and O–H groups in total. The van der Waals surface area contributed by atoms with Gasteiger partial charge in [-0.3, -0.25) is 9.78 Å². The van der Waals surface area contributed by atoms with E-state index in [9.17, 15) is 4.79 Å². The van der Waals surface area contributed by atoms with Crippen LogP contribution in [0.4, 0.5) is 5.82 Å². The van der Waals surface area contributed by atoms with Crippen molar-refractivity contribution in [3.05, 3.63) is 59.4 Å². The molecule has 0 aliphatic heterocycles. The standard InChI is InChI=1S/C18H16N6OS/c19-11-13-4-3-7-22-17(13)23-9-8-21-16(25)10-14-12-26-18(24-14)15-5-1-2-6-20-15/h1-7,12H,8-10H2,(H,21,25)(H,22,23). The quantitative estimate of drug-likeness (QED) is 0.623. The Morgan fingerprint density at radius 2 is 2.04 bits per heavy atom. The molecule has 0 spiro atoms. The fraction of sp³-hybridized carbons (Fsp3) is 0.167. The Labute approximate surface area is 154 Å². The Hall–Kier alpha value is -3.31. The summed E-state index contributed by atoms with van der Waals surface area (Å²) in [5.41, 5.74) is 2.00. The molecule has 7 nitrogen and oxygen atoms in total. The number of nitrogens with zero attached hydrogens (tertiary/aromatic N) is 4. The molecule has 0 unspecified atom stereocenters. The van der Waals surface area contributed by atoms with E-state index in [2.05, 4.69) is 31.7 Å². The maximum atomic E-state index is 12.0. The van der Waals surface area contributed by atoms with Crippen LogP contribution in [0.2, 0.25) is 0 Å². The first-order valence-corrected chi connectivity index (χ1v) is 8.85. The van der Waals surface area contributed by atoms with Crippen LogP contribution in [-0.4, -0.2) is 33.9 Å². The van der Waals surface area contributed by atoms with Gasteiger partial charge in [0.05, 0.1) is 23.4 Å². The normalized spacial score (nSPS) is 10.1. The SMILES string of the molecule is N#Cc1cccnc1NCCNC(=O)Cc1csc(-c2ccccn2)n1. The average Bonchev–Trinajstić information content (AvgIpc) is 3.14. The molecule has 0 aliphatic carbocycles. The van der Waals surface area contributed by atoms with Crippen LogP contribution in [0.25, 0.3) is 10.7 Å². The summed E-state index contributed by atoms with van der Waals surface area (Å²) in [6.45, 7) is 0.908. The van der Waals surface area contributed by atoms with Crippen molar-refractivity contribution in [3.63, 3.8) is 0 Å². The molecule has 3 aromatic heterocycles. The van der Waals surface area contributed by atoms with Gasteiger partial charge in [-0.05, 0) is 24.3 Å². The van der Waals surface area contributed by atoms with E-state index >= 15 is 0 Å². The number of aromatic nitrogens is 3. The molecule has 8 heteroatoms. The zero-order valence-corrected chi connectivity index (χ0v) is 14.7. The summed E-state index contributed by atoms with van der Waals surface area (Å²) in [5.74, 6) is 0.412. The Morgan fingerprint density at radius 1 is 1.15 bits per heavy atom. The van der Waals surface area contributed by atoms with Crippen molar-refractivity contribution >= 4 is 23.1 Å². The van der Waals surface area contributed by atoms with Crippen molar-refractivity contribution in [2.45, 2.75) is 6.42 Å². The molecular formula is C18H16N6OS. The Kier molecular flexibility index (Phi) is 5.85. The van der Waals surface area contributed by atoms with Gasteiger partial charge in [0, 0.05) is 30.9 Å². The van der Waals surface area contributed by atoms with Gasteiger partial charge in [0.15, 0.2) is 0 Å². The van der Waals surface area contributed by atoms with E-state index in [0.717, 1.165) is 16.4 Å². The van der Waals surface area contributed by atoms with Crippen LogP contribution in [0.5, 0.6) is 0 Å². The summed E-state index contributed by atoms with van der Waals surface area (Å²) < 4.78 is 0. The number of nitrogens with one attached hydrogen (secondary N) is 2. The summed E-state index contributed by atoms with van der Waals surface area (Å²) >= 11 is 1.47. The van der Waals surface area contributed by atoms with Crippen LogP contribution in [0.3, 0.4) is 0 Å². The first-order valence-electron chi connectivity index (χ1n) is 7.98. The second-order valence-corrected chi connectivity index (χ2v) is 6.18.